The topological polar surface area (TPSA) is 84.0 Å². The zero-order chi connectivity index (χ0) is 25.6. The summed E-state index contributed by atoms with van der Waals surface area (Å²) in [6.45, 7) is 4.23. The fourth-order valence-electron chi connectivity index (χ4n) is 7.30. The summed E-state index contributed by atoms with van der Waals surface area (Å²) in [6.07, 6.45) is 5.55. The van der Waals surface area contributed by atoms with E-state index in [-0.39, 0.29) is 54.4 Å². The average molecular weight is 497 g/mol. The van der Waals surface area contributed by atoms with E-state index in [1.165, 1.54) is 4.90 Å². The highest BCUT2D eigenvalue weighted by atomic mass is 16.5. The Bertz CT molecular complexity index is 1340. The van der Waals surface area contributed by atoms with E-state index in [9.17, 15) is 19.2 Å². The number of hydrogen-bond donors (Lipinski definition) is 0. The Morgan fingerprint density at radius 2 is 1.43 bits per heavy atom. The first-order valence-corrected chi connectivity index (χ1v) is 13.1. The lowest BCUT2D eigenvalue weighted by Crippen LogP contribution is -2.40. The van der Waals surface area contributed by atoms with Crippen molar-refractivity contribution in [3.63, 3.8) is 0 Å². The molecule has 4 fully saturated rings. The number of imide groups is 1. The van der Waals surface area contributed by atoms with Crippen LogP contribution in [-0.2, 0) is 19.2 Å². The number of nitrogens with zero attached hydrogens (tertiary/aromatic N) is 2. The summed E-state index contributed by atoms with van der Waals surface area (Å²) in [6, 6.07) is 12.5. The van der Waals surface area contributed by atoms with Crippen molar-refractivity contribution in [1.82, 2.24) is 0 Å². The van der Waals surface area contributed by atoms with Crippen molar-refractivity contribution in [1.29, 1.82) is 0 Å². The number of esters is 1. The summed E-state index contributed by atoms with van der Waals surface area (Å²) in [5, 5.41) is 0. The number of anilines is 2. The van der Waals surface area contributed by atoms with Crippen LogP contribution in [0.3, 0.4) is 0 Å². The maximum Gasteiger partial charge on any atom is 0.316 e. The lowest BCUT2D eigenvalue weighted by Gasteiger charge is -2.37. The van der Waals surface area contributed by atoms with Crippen molar-refractivity contribution in [2.24, 2.45) is 41.4 Å². The number of carbonyl (C=O) groups excluding carboxylic acids is 4. The molecule has 188 valence electrons. The minimum atomic E-state index is -0.563. The largest absolute Gasteiger partial charge is 0.426 e. The van der Waals surface area contributed by atoms with Gasteiger partial charge in [0.15, 0.2) is 0 Å². The van der Waals surface area contributed by atoms with Gasteiger partial charge < -0.3 is 9.64 Å². The summed E-state index contributed by atoms with van der Waals surface area (Å²) in [5.41, 5.74) is 3.42. The predicted octanol–water partition coefficient (Wildman–Crippen LogP) is 3.82. The summed E-state index contributed by atoms with van der Waals surface area (Å²) in [4.78, 5) is 55.1. The van der Waals surface area contributed by atoms with Gasteiger partial charge in [-0.2, -0.15) is 0 Å². The third-order valence-corrected chi connectivity index (χ3v) is 8.95. The predicted molar refractivity (Wildman–Crippen MR) is 136 cm³/mol. The number of hydrogen-bond acceptors (Lipinski definition) is 5. The number of benzene rings is 2. The van der Waals surface area contributed by atoms with Gasteiger partial charge in [0.25, 0.3) is 0 Å². The quantitative estimate of drug-likeness (QED) is 0.278. The fourth-order valence-corrected chi connectivity index (χ4v) is 7.30. The molecule has 0 aromatic heterocycles. The molecular formula is C30H28N2O5. The SMILES string of the molecule is Cc1cc(C)cc(N2C[C@H](C(=O)Oc3ccc(N4C(=O)[C@@H]5[C@H]6C=C[C@@H]([C@@H]7C[C@@H]67)[C@@H]5C4=O)cc3)CC2=O)c1. The molecule has 2 aromatic carbocycles. The van der Waals surface area contributed by atoms with Crippen LogP contribution >= 0.6 is 0 Å². The number of rotatable bonds is 4. The van der Waals surface area contributed by atoms with Gasteiger partial charge in [-0.1, -0.05) is 18.2 Å². The van der Waals surface area contributed by atoms with Gasteiger partial charge in [-0.15, -0.1) is 0 Å². The normalized spacial score (nSPS) is 33.1. The molecule has 4 aliphatic carbocycles. The van der Waals surface area contributed by atoms with Crippen molar-refractivity contribution in [3.05, 3.63) is 65.7 Å². The average Bonchev–Trinajstić information content (AvgIpc) is 3.54. The zero-order valence-corrected chi connectivity index (χ0v) is 20.8. The van der Waals surface area contributed by atoms with E-state index in [1.54, 1.807) is 29.2 Å². The highest BCUT2D eigenvalue weighted by Gasteiger charge is 2.67. The van der Waals surface area contributed by atoms with E-state index in [4.69, 9.17) is 4.74 Å². The molecule has 0 radical (unpaired) electrons. The van der Waals surface area contributed by atoms with E-state index in [0.717, 1.165) is 23.2 Å². The van der Waals surface area contributed by atoms with Crippen LogP contribution < -0.4 is 14.5 Å². The second-order valence-corrected chi connectivity index (χ2v) is 11.3. The monoisotopic (exact) mass is 496 g/mol. The van der Waals surface area contributed by atoms with Crippen LogP contribution in [0.4, 0.5) is 11.4 Å². The van der Waals surface area contributed by atoms with E-state index < -0.39 is 11.9 Å². The summed E-state index contributed by atoms with van der Waals surface area (Å²) in [7, 11) is 0. The van der Waals surface area contributed by atoms with Gasteiger partial charge in [-0.25, -0.2) is 0 Å². The number of aryl methyl sites for hydroxylation is 2. The van der Waals surface area contributed by atoms with Gasteiger partial charge in [0.2, 0.25) is 17.7 Å². The number of ether oxygens (including phenoxy) is 1. The Labute approximate surface area is 215 Å². The van der Waals surface area contributed by atoms with Gasteiger partial charge in [0.1, 0.15) is 5.75 Å². The summed E-state index contributed by atoms with van der Waals surface area (Å²) in [5.74, 6) is -0.0411. The third kappa shape index (κ3) is 3.40. The minimum absolute atomic E-state index is 0.0990. The third-order valence-electron chi connectivity index (χ3n) is 8.95. The molecular weight excluding hydrogens is 468 g/mol. The molecule has 7 atom stereocenters. The first-order valence-electron chi connectivity index (χ1n) is 13.1. The van der Waals surface area contributed by atoms with Crippen LogP contribution in [0, 0.1) is 55.3 Å². The molecule has 2 heterocycles. The van der Waals surface area contributed by atoms with Crippen LogP contribution in [0.15, 0.2) is 54.6 Å². The van der Waals surface area contributed by atoms with Crippen molar-refractivity contribution in [2.45, 2.75) is 26.7 Å². The van der Waals surface area contributed by atoms with E-state index in [0.29, 0.717) is 23.3 Å². The molecule has 2 saturated carbocycles. The van der Waals surface area contributed by atoms with Gasteiger partial charge in [-0.3, -0.25) is 24.1 Å². The van der Waals surface area contributed by atoms with Crippen LogP contribution in [0.5, 0.6) is 5.75 Å². The van der Waals surface area contributed by atoms with Crippen molar-refractivity contribution in [2.75, 3.05) is 16.3 Å². The Morgan fingerprint density at radius 3 is 2.03 bits per heavy atom. The highest BCUT2D eigenvalue weighted by molar-refractivity contribution is 6.22. The molecule has 7 nitrogen and oxygen atoms in total. The lowest BCUT2D eigenvalue weighted by atomic mass is 9.63. The second-order valence-electron chi connectivity index (χ2n) is 11.3. The van der Waals surface area contributed by atoms with Crippen LogP contribution in [0.2, 0.25) is 0 Å². The maximum atomic E-state index is 13.3. The Morgan fingerprint density at radius 1 is 0.838 bits per heavy atom. The smallest absolute Gasteiger partial charge is 0.316 e. The van der Waals surface area contributed by atoms with Gasteiger partial charge >= 0.3 is 5.97 Å². The second kappa shape index (κ2) is 7.88. The molecule has 2 saturated heterocycles. The zero-order valence-electron chi connectivity index (χ0n) is 20.8. The van der Waals surface area contributed by atoms with Crippen molar-refractivity contribution >= 4 is 35.1 Å². The van der Waals surface area contributed by atoms with E-state index >= 15 is 0 Å². The molecule has 7 heteroatoms. The van der Waals surface area contributed by atoms with Gasteiger partial charge in [0, 0.05) is 18.7 Å². The molecule has 3 amide bonds. The molecule has 2 bridgehead atoms. The molecule has 8 rings (SSSR count). The molecule has 6 aliphatic rings. The van der Waals surface area contributed by atoms with Crippen LogP contribution in [0.1, 0.15) is 24.0 Å². The maximum absolute atomic E-state index is 13.3. The van der Waals surface area contributed by atoms with E-state index in [1.807, 2.05) is 32.0 Å². The minimum Gasteiger partial charge on any atom is -0.426 e. The van der Waals surface area contributed by atoms with Gasteiger partial charge in [0.05, 0.1) is 23.4 Å². The lowest BCUT2D eigenvalue weighted by molar-refractivity contribution is -0.139. The standard InChI is InChI=1S/C30H28N2O5/c1-15-9-16(2)11-19(10-15)31-14-17(12-25(31)33)30(36)37-20-5-3-18(4-6-20)32-28(34)26-21-7-8-22(24-13-23(21)24)27(26)29(32)35/h3-11,17,21-24,26-27H,12-14H2,1-2H3/t17-,21+,22+,23+,24+,26-,27+/m1/s1. The fraction of sp³-hybridized carbons (Fsp3) is 0.400. The molecule has 0 spiro atoms. The summed E-state index contributed by atoms with van der Waals surface area (Å²) >= 11 is 0. The van der Waals surface area contributed by atoms with Crippen molar-refractivity contribution < 1.29 is 23.9 Å². The molecule has 2 aliphatic heterocycles. The number of amides is 3. The van der Waals surface area contributed by atoms with Gasteiger partial charge in [-0.05, 0) is 91.5 Å². The summed E-state index contributed by atoms with van der Waals surface area (Å²) < 4.78 is 5.59. The first kappa shape index (κ1) is 22.5. The first-order chi connectivity index (χ1) is 17.8. The van der Waals surface area contributed by atoms with E-state index in [2.05, 4.69) is 12.2 Å². The Hall–Kier alpha value is -3.74. The number of carbonyl (C=O) groups is 4. The van der Waals surface area contributed by atoms with Crippen LogP contribution in [0.25, 0.3) is 0 Å². The Kier molecular flexibility index (Phi) is 4.78. The molecule has 0 N–H and O–H groups in total. The molecule has 37 heavy (non-hydrogen) atoms. The molecule has 2 aromatic rings. The van der Waals surface area contributed by atoms with Crippen molar-refractivity contribution in [3.8, 4) is 5.75 Å². The number of allylic oxidation sites excluding steroid dienone is 2. The van der Waals surface area contributed by atoms with Crippen LogP contribution in [-0.4, -0.2) is 30.2 Å². The molecule has 0 unspecified atom stereocenters. The highest BCUT2D eigenvalue weighted by Crippen LogP contribution is 2.65. The Balaban J connectivity index is 1.04.